The maximum absolute atomic E-state index is 9.09. The predicted molar refractivity (Wildman–Crippen MR) is 41.3 cm³/mol. The van der Waals surface area contributed by atoms with E-state index in [1.54, 1.807) is 18.3 Å². The Morgan fingerprint density at radius 2 is 2.20 bits per heavy atom. The number of pyridine rings is 1. The Kier molecular flexibility index (Phi) is 1.94. The van der Waals surface area contributed by atoms with E-state index in [9.17, 15) is 0 Å². The molecule has 0 saturated carbocycles. The highest BCUT2D eigenvalue weighted by molar-refractivity contribution is 8.23. The molecule has 0 amide bonds. The highest BCUT2D eigenvalue weighted by Crippen LogP contribution is 2.42. The van der Waals surface area contributed by atoms with Crippen molar-refractivity contribution < 1.29 is 9.11 Å². The normalized spacial score (nSPS) is 13.1. The lowest BCUT2D eigenvalue weighted by molar-refractivity contribution is 0.494. The maximum Gasteiger partial charge on any atom is 0.0763 e. The van der Waals surface area contributed by atoms with Gasteiger partial charge in [-0.25, -0.2) is 0 Å². The zero-order chi connectivity index (χ0) is 7.61. The quantitative estimate of drug-likeness (QED) is 0.657. The molecule has 0 saturated heterocycles. The Labute approximate surface area is 61.1 Å². The number of aromatic nitrogens is 1. The first kappa shape index (κ1) is 7.53. The first-order valence-electron chi connectivity index (χ1n) is 2.74. The monoisotopic (exact) mass is 159 g/mol. The van der Waals surface area contributed by atoms with Crippen molar-refractivity contribution in [2.45, 2.75) is 4.90 Å². The molecule has 2 N–H and O–H groups in total. The zero-order valence-corrected chi connectivity index (χ0v) is 6.38. The highest BCUT2D eigenvalue weighted by atomic mass is 32.3. The van der Waals surface area contributed by atoms with Gasteiger partial charge in [-0.2, -0.15) is 10.6 Å². The molecule has 0 atom stereocenters. The number of hydrogen-bond donors (Lipinski definition) is 2. The van der Waals surface area contributed by atoms with E-state index in [0.717, 1.165) is 0 Å². The summed E-state index contributed by atoms with van der Waals surface area (Å²) in [7, 11) is -2.57. The average molecular weight is 159 g/mol. The largest absolute Gasteiger partial charge is 0.295 e. The Morgan fingerprint density at radius 1 is 1.50 bits per heavy atom. The van der Waals surface area contributed by atoms with Gasteiger partial charge in [0, 0.05) is 18.6 Å². The third kappa shape index (κ3) is 1.70. The van der Waals surface area contributed by atoms with Crippen molar-refractivity contribution in [1.82, 2.24) is 4.98 Å². The van der Waals surface area contributed by atoms with Crippen LogP contribution in [0.25, 0.3) is 0 Å². The van der Waals surface area contributed by atoms with Gasteiger partial charge < -0.3 is 0 Å². The molecule has 0 radical (unpaired) electrons. The number of hydrogen-bond acceptors (Lipinski definition) is 3. The average Bonchev–Trinajstić information content (AvgIpc) is 1.88. The molecule has 0 fully saturated rings. The molecule has 3 nitrogen and oxygen atoms in total. The maximum atomic E-state index is 9.09. The van der Waals surface area contributed by atoms with E-state index in [1.165, 1.54) is 12.5 Å². The second-order valence-corrected chi connectivity index (χ2v) is 4.16. The molecule has 0 aliphatic heterocycles. The predicted octanol–water partition coefficient (Wildman–Crippen LogP) is 1.82. The van der Waals surface area contributed by atoms with Crippen molar-refractivity contribution in [2.75, 3.05) is 6.26 Å². The van der Waals surface area contributed by atoms with E-state index in [1.807, 2.05) is 0 Å². The van der Waals surface area contributed by atoms with Gasteiger partial charge in [0.25, 0.3) is 0 Å². The van der Waals surface area contributed by atoms with Crippen LogP contribution in [-0.2, 0) is 0 Å². The van der Waals surface area contributed by atoms with Crippen LogP contribution in [0.3, 0.4) is 0 Å². The molecule has 1 aromatic heterocycles. The van der Waals surface area contributed by atoms with Gasteiger partial charge in [-0.05, 0) is 12.1 Å². The van der Waals surface area contributed by atoms with Gasteiger partial charge in [0.05, 0.1) is 4.90 Å². The molecular weight excluding hydrogens is 150 g/mol. The Hall–Kier alpha value is -0.580. The van der Waals surface area contributed by atoms with Crippen molar-refractivity contribution in [2.24, 2.45) is 0 Å². The van der Waals surface area contributed by atoms with E-state index >= 15 is 0 Å². The Morgan fingerprint density at radius 3 is 2.50 bits per heavy atom. The van der Waals surface area contributed by atoms with Crippen LogP contribution in [0.4, 0.5) is 0 Å². The summed E-state index contributed by atoms with van der Waals surface area (Å²) in [6.07, 6.45) is 4.42. The minimum absolute atomic E-state index is 0.481. The summed E-state index contributed by atoms with van der Waals surface area (Å²) in [4.78, 5) is 4.23. The second kappa shape index (κ2) is 2.57. The summed E-state index contributed by atoms with van der Waals surface area (Å²) in [6.45, 7) is 0. The van der Waals surface area contributed by atoms with Crippen LogP contribution in [0.5, 0.6) is 0 Å². The molecule has 0 bridgehead atoms. The van der Waals surface area contributed by atoms with Crippen LogP contribution in [0.2, 0.25) is 0 Å². The molecule has 0 spiro atoms. The SMILES string of the molecule is CS(O)(O)c1cccnc1. The summed E-state index contributed by atoms with van der Waals surface area (Å²) in [6, 6.07) is 3.31. The lowest BCUT2D eigenvalue weighted by Crippen LogP contribution is -1.94. The van der Waals surface area contributed by atoms with Crippen molar-refractivity contribution in [3.05, 3.63) is 24.5 Å². The molecule has 4 heteroatoms. The molecule has 1 rings (SSSR count). The molecule has 56 valence electrons. The van der Waals surface area contributed by atoms with Crippen molar-refractivity contribution in [3.63, 3.8) is 0 Å². The fourth-order valence-electron chi connectivity index (χ4n) is 0.576. The smallest absolute Gasteiger partial charge is 0.0763 e. The van der Waals surface area contributed by atoms with Gasteiger partial charge in [-0.3, -0.25) is 14.1 Å². The zero-order valence-electron chi connectivity index (χ0n) is 5.56. The molecular formula is C6H9NO2S. The molecule has 1 aromatic rings. The minimum Gasteiger partial charge on any atom is -0.295 e. The molecule has 0 aliphatic carbocycles. The minimum atomic E-state index is -2.57. The molecule has 0 aliphatic rings. The molecule has 1 heterocycles. The summed E-state index contributed by atoms with van der Waals surface area (Å²) in [5, 5.41) is 0. The van der Waals surface area contributed by atoms with Crippen LogP contribution < -0.4 is 0 Å². The fourth-order valence-corrected chi connectivity index (χ4v) is 1.17. The number of nitrogens with zero attached hydrogens (tertiary/aromatic N) is 1. The van der Waals surface area contributed by atoms with Gasteiger partial charge in [0.2, 0.25) is 0 Å². The molecule has 0 aromatic carbocycles. The van der Waals surface area contributed by atoms with Crippen LogP contribution >= 0.6 is 10.6 Å². The third-order valence-electron chi connectivity index (χ3n) is 1.08. The van der Waals surface area contributed by atoms with Crippen LogP contribution in [0.15, 0.2) is 29.4 Å². The van der Waals surface area contributed by atoms with E-state index in [4.69, 9.17) is 9.11 Å². The van der Waals surface area contributed by atoms with E-state index in [0.29, 0.717) is 4.90 Å². The van der Waals surface area contributed by atoms with E-state index < -0.39 is 10.6 Å². The van der Waals surface area contributed by atoms with Crippen molar-refractivity contribution >= 4 is 10.6 Å². The second-order valence-electron chi connectivity index (χ2n) is 2.02. The Balaban J connectivity index is 2.97. The van der Waals surface area contributed by atoms with Gasteiger partial charge >= 0.3 is 0 Å². The first-order valence-corrected chi connectivity index (χ1v) is 4.69. The van der Waals surface area contributed by atoms with Gasteiger partial charge in [0.1, 0.15) is 0 Å². The first-order chi connectivity index (χ1) is 4.61. The topological polar surface area (TPSA) is 53.4 Å². The Bertz CT molecular complexity index is 207. The van der Waals surface area contributed by atoms with Crippen LogP contribution in [0.1, 0.15) is 0 Å². The molecule has 10 heavy (non-hydrogen) atoms. The lowest BCUT2D eigenvalue weighted by Gasteiger charge is -2.25. The summed E-state index contributed by atoms with van der Waals surface area (Å²) in [5.41, 5.74) is 0. The summed E-state index contributed by atoms with van der Waals surface area (Å²) in [5.74, 6) is 0. The lowest BCUT2D eigenvalue weighted by atomic mass is 10.5. The number of rotatable bonds is 1. The van der Waals surface area contributed by atoms with Gasteiger partial charge in [0.15, 0.2) is 0 Å². The molecule has 0 unspecified atom stereocenters. The third-order valence-corrected chi connectivity index (χ3v) is 2.22. The van der Waals surface area contributed by atoms with Crippen LogP contribution in [0, 0.1) is 0 Å². The van der Waals surface area contributed by atoms with Gasteiger partial charge in [-0.1, -0.05) is 0 Å². The fraction of sp³-hybridized carbons (Fsp3) is 0.167. The van der Waals surface area contributed by atoms with Crippen LogP contribution in [-0.4, -0.2) is 20.3 Å². The van der Waals surface area contributed by atoms with Crippen molar-refractivity contribution in [3.8, 4) is 0 Å². The summed E-state index contributed by atoms with van der Waals surface area (Å²) >= 11 is 0. The van der Waals surface area contributed by atoms with Gasteiger partial charge in [-0.15, -0.1) is 0 Å². The van der Waals surface area contributed by atoms with Crippen molar-refractivity contribution in [1.29, 1.82) is 0 Å². The highest BCUT2D eigenvalue weighted by Gasteiger charge is 2.05. The summed E-state index contributed by atoms with van der Waals surface area (Å²) < 4.78 is 18.2. The van der Waals surface area contributed by atoms with E-state index in [2.05, 4.69) is 4.98 Å². The standard InChI is InChI=1S/C6H9NO2S/c1-10(8,9)6-3-2-4-7-5-6/h2-5,8-9H,1H3. The van der Waals surface area contributed by atoms with E-state index in [-0.39, 0.29) is 0 Å².